The van der Waals surface area contributed by atoms with Gasteiger partial charge in [-0.3, -0.25) is 4.79 Å². The molecule has 0 radical (unpaired) electrons. The number of benzene rings is 1. The van der Waals surface area contributed by atoms with Gasteiger partial charge in [-0.15, -0.1) is 11.8 Å². The van der Waals surface area contributed by atoms with E-state index >= 15 is 0 Å². The molecule has 0 bridgehead atoms. The van der Waals surface area contributed by atoms with Gasteiger partial charge in [0.1, 0.15) is 5.54 Å². The molecule has 0 aliphatic carbocycles. The van der Waals surface area contributed by atoms with Gasteiger partial charge in [0.2, 0.25) is 5.91 Å². The molecule has 1 aromatic rings. The van der Waals surface area contributed by atoms with Gasteiger partial charge in [-0.2, -0.15) is 11.8 Å². The Morgan fingerprint density at radius 1 is 1.38 bits per heavy atom. The molecular weight excluding hydrogens is 306 g/mol. The zero-order chi connectivity index (χ0) is 15.3. The van der Waals surface area contributed by atoms with E-state index in [2.05, 4.69) is 5.32 Å². The lowest BCUT2D eigenvalue weighted by atomic mass is 9.99. The summed E-state index contributed by atoms with van der Waals surface area (Å²) in [6.07, 6.45) is 0.501. The number of nitrogens with one attached hydrogen (secondary N) is 1. The van der Waals surface area contributed by atoms with Crippen molar-refractivity contribution in [3.8, 4) is 0 Å². The van der Waals surface area contributed by atoms with Crippen LogP contribution < -0.4 is 5.32 Å². The van der Waals surface area contributed by atoms with E-state index in [0.29, 0.717) is 12.2 Å². The van der Waals surface area contributed by atoms with Crippen LogP contribution in [0.4, 0.5) is 0 Å². The largest absolute Gasteiger partial charge is 0.479 e. The minimum Gasteiger partial charge on any atom is -0.479 e. The molecule has 0 spiro atoms. The number of aliphatic carboxylic acids is 1. The van der Waals surface area contributed by atoms with Crippen LogP contribution in [0.1, 0.15) is 17.5 Å². The van der Waals surface area contributed by atoms with Crippen LogP contribution in [-0.4, -0.2) is 39.8 Å². The Bertz CT molecular complexity index is 510. The predicted molar refractivity (Wildman–Crippen MR) is 87.8 cm³/mol. The highest BCUT2D eigenvalue weighted by atomic mass is 32.2. The number of thioether (sulfide) groups is 2. The van der Waals surface area contributed by atoms with E-state index in [0.717, 1.165) is 11.5 Å². The maximum Gasteiger partial charge on any atom is 0.330 e. The second-order valence-corrected chi connectivity index (χ2v) is 7.31. The lowest BCUT2D eigenvalue weighted by Crippen LogP contribution is -2.55. The van der Waals surface area contributed by atoms with Gasteiger partial charge in [0.25, 0.3) is 0 Å². The first-order chi connectivity index (χ1) is 10.0. The van der Waals surface area contributed by atoms with Crippen LogP contribution in [0.2, 0.25) is 0 Å². The highest BCUT2D eigenvalue weighted by molar-refractivity contribution is 7.99. The molecule has 21 heavy (non-hydrogen) atoms. The monoisotopic (exact) mass is 325 g/mol. The molecule has 1 unspecified atom stereocenters. The zero-order valence-corrected chi connectivity index (χ0v) is 13.6. The number of rotatable bonds is 6. The second-order valence-electron chi connectivity index (χ2n) is 5.22. The van der Waals surface area contributed by atoms with Crippen molar-refractivity contribution in [2.24, 2.45) is 0 Å². The molecule has 1 aliphatic rings. The van der Waals surface area contributed by atoms with E-state index in [9.17, 15) is 14.7 Å². The van der Waals surface area contributed by atoms with Crippen molar-refractivity contribution in [2.75, 3.05) is 17.3 Å². The molecule has 0 aromatic heterocycles. The minimum atomic E-state index is -1.06. The highest BCUT2D eigenvalue weighted by Gasteiger charge is 2.43. The quantitative estimate of drug-likeness (QED) is 0.840. The highest BCUT2D eigenvalue weighted by Crippen LogP contribution is 2.28. The predicted octanol–water partition coefficient (Wildman–Crippen LogP) is 2.30. The zero-order valence-electron chi connectivity index (χ0n) is 11.9. The van der Waals surface area contributed by atoms with Crippen LogP contribution in [0, 0.1) is 6.92 Å². The molecular formula is C15H19NO3S2. The van der Waals surface area contributed by atoms with Gasteiger partial charge >= 0.3 is 5.97 Å². The smallest absolute Gasteiger partial charge is 0.330 e. The number of amides is 1. The Labute approximate surface area is 133 Å². The van der Waals surface area contributed by atoms with Crippen molar-refractivity contribution in [1.29, 1.82) is 0 Å². The van der Waals surface area contributed by atoms with E-state index in [-0.39, 0.29) is 11.7 Å². The molecule has 1 aliphatic heterocycles. The van der Waals surface area contributed by atoms with Gasteiger partial charge in [0.15, 0.2) is 0 Å². The molecule has 0 saturated carbocycles. The number of aryl methyl sites for hydroxylation is 1. The number of carbonyl (C=O) groups is 2. The topological polar surface area (TPSA) is 66.4 Å². The third kappa shape index (κ3) is 4.41. The lowest BCUT2D eigenvalue weighted by molar-refractivity contribution is -0.146. The SMILES string of the molecule is Cc1ccc(CSCC(=O)NC2(C(=O)O)CCSC2)cc1. The number of carboxylic acid groups (broad SMARTS) is 1. The molecule has 6 heteroatoms. The van der Waals surface area contributed by atoms with Crippen LogP contribution in [0.25, 0.3) is 0 Å². The third-order valence-electron chi connectivity index (χ3n) is 3.43. The molecule has 1 fully saturated rings. The summed E-state index contributed by atoms with van der Waals surface area (Å²) in [5.41, 5.74) is 1.32. The first kappa shape index (κ1) is 16.2. The van der Waals surface area contributed by atoms with Crippen molar-refractivity contribution >= 4 is 35.4 Å². The average molecular weight is 325 g/mol. The summed E-state index contributed by atoms with van der Waals surface area (Å²) >= 11 is 3.07. The molecule has 2 rings (SSSR count). The summed E-state index contributed by atoms with van der Waals surface area (Å²) in [4.78, 5) is 23.3. The summed E-state index contributed by atoms with van der Waals surface area (Å²) in [5, 5.41) is 12.0. The number of carbonyl (C=O) groups excluding carboxylic acids is 1. The normalized spacial score (nSPS) is 21.2. The summed E-state index contributed by atoms with van der Waals surface area (Å²) < 4.78 is 0. The van der Waals surface area contributed by atoms with E-state index in [4.69, 9.17) is 0 Å². The van der Waals surface area contributed by atoms with E-state index in [1.54, 1.807) is 11.8 Å². The Morgan fingerprint density at radius 3 is 2.67 bits per heavy atom. The average Bonchev–Trinajstić information content (AvgIpc) is 2.91. The molecule has 1 aromatic carbocycles. The Hall–Kier alpha value is -1.14. The van der Waals surface area contributed by atoms with Crippen molar-refractivity contribution in [2.45, 2.75) is 24.6 Å². The maximum atomic E-state index is 11.9. The number of hydrogen-bond donors (Lipinski definition) is 2. The fourth-order valence-electron chi connectivity index (χ4n) is 2.13. The molecule has 4 nitrogen and oxygen atoms in total. The Morgan fingerprint density at radius 2 is 2.10 bits per heavy atom. The van der Waals surface area contributed by atoms with E-state index in [1.165, 1.54) is 22.9 Å². The molecule has 1 atom stereocenters. The fourth-order valence-corrected chi connectivity index (χ4v) is 4.25. The lowest BCUT2D eigenvalue weighted by Gasteiger charge is -2.24. The molecule has 1 amide bonds. The van der Waals surface area contributed by atoms with Crippen LogP contribution in [0.5, 0.6) is 0 Å². The maximum absolute atomic E-state index is 11.9. The summed E-state index contributed by atoms with van der Waals surface area (Å²) in [7, 11) is 0. The van der Waals surface area contributed by atoms with E-state index in [1.807, 2.05) is 31.2 Å². The second kappa shape index (κ2) is 7.22. The van der Waals surface area contributed by atoms with Crippen molar-refractivity contribution in [3.63, 3.8) is 0 Å². The molecule has 1 heterocycles. The summed E-state index contributed by atoms with van der Waals surface area (Å²) in [5.74, 6) is 1.15. The minimum absolute atomic E-state index is 0.197. The first-order valence-corrected chi connectivity index (χ1v) is 9.08. The van der Waals surface area contributed by atoms with E-state index < -0.39 is 11.5 Å². The molecule has 2 N–H and O–H groups in total. The van der Waals surface area contributed by atoms with Crippen LogP contribution >= 0.6 is 23.5 Å². The van der Waals surface area contributed by atoms with Crippen LogP contribution in [0.3, 0.4) is 0 Å². The number of carboxylic acids is 1. The standard InChI is InChI=1S/C15H19NO3S2/c1-11-2-4-12(5-3-11)8-21-9-13(17)16-15(14(18)19)6-7-20-10-15/h2-5H,6-10H2,1H3,(H,16,17)(H,18,19). The van der Waals surface area contributed by atoms with Gasteiger partial charge < -0.3 is 10.4 Å². The van der Waals surface area contributed by atoms with Gasteiger partial charge in [-0.25, -0.2) is 4.79 Å². The Kier molecular flexibility index (Phi) is 5.58. The fraction of sp³-hybridized carbons (Fsp3) is 0.467. The van der Waals surface area contributed by atoms with Gasteiger partial charge in [-0.1, -0.05) is 29.8 Å². The Balaban J connectivity index is 1.79. The van der Waals surface area contributed by atoms with Crippen LogP contribution in [0.15, 0.2) is 24.3 Å². The van der Waals surface area contributed by atoms with Crippen LogP contribution in [-0.2, 0) is 15.3 Å². The third-order valence-corrected chi connectivity index (χ3v) is 5.63. The van der Waals surface area contributed by atoms with Gasteiger partial charge in [-0.05, 0) is 24.7 Å². The summed E-state index contributed by atoms with van der Waals surface area (Å²) in [6, 6.07) is 8.19. The molecule has 1 saturated heterocycles. The van der Waals surface area contributed by atoms with Gasteiger partial charge in [0.05, 0.1) is 5.75 Å². The summed E-state index contributed by atoms with van der Waals surface area (Å²) in [6.45, 7) is 2.04. The number of hydrogen-bond acceptors (Lipinski definition) is 4. The molecule has 114 valence electrons. The van der Waals surface area contributed by atoms with Crippen molar-refractivity contribution < 1.29 is 14.7 Å². The van der Waals surface area contributed by atoms with Crippen molar-refractivity contribution in [1.82, 2.24) is 5.32 Å². The van der Waals surface area contributed by atoms with Gasteiger partial charge in [0, 0.05) is 11.5 Å². The van der Waals surface area contributed by atoms with Crippen molar-refractivity contribution in [3.05, 3.63) is 35.4 Å². The first-order valence-electron chi connectivity index (χ1n) is 6.77.